The Morgan fingerprint density at radius 2 is 2.13 bits per heavy atom. The van der Waals surface area contributed by atoms with Gasteiger partial charge in [0.25, 0.3) is 0 Å². The molecule has 0 atom stereocenters. The lowest BCUT2D eigenvalue weighted by molar-refractivity contribution is -0.158. The molecular weight excluding hydrogens is 194 g/mol. The molecule has 0 aromatic heterocycles. The van der Waals surface area contributed by atoms with Gasteiger partial charge in [0.05, 0.1) is 13.0 Å². The molecule has 0 radical (unpaired) electrons. The van der Waals surface area contributed by atoms with Crippen molar-refractivity contribution in [1.29, 1.82) is 0 Å². The Bertz CT molecular complexity index is 212. The fourth-order valence-electron chi connectivity index (χ4n) is 1.92. The number of aliphatic hydroxyl groups is 1. The van der Waals surface area contributed by atoms with Crippen molar-refractivity contribution in [2.45, 2.75) is 38.7 Å². The molecular formula is C11H21NO3. The summed E-state index contributed by atoms with van der Waals surface area (Å²) in [6, 6.07) is 0. The Kier molecular flexibility index (Phi) is 4.54. The standard InChI is InChI=1S/C11H21NO3/c1-3-5-6-12-8-11(14,9-12)7-10(13)15-4-2/h14H,3-9H2,1-2H3. The second-order valence-electron chi connectivity index (χ2n) is 4.27. The summed E-state index contributed by atoms with van der Waals surface area (Å²) >= 11 is 0. The van der Waals surface area contributed by atoms with Crippen molar-refractivity contribution in [2.24, 2.45) is 0 Å². The van der Waals surface area contributed by atoms with Crippen molar-refractivity contribution < 1.29 is 14.6 Å². The van der Waals surface area contributed by atoms with Crippen LogP contribution in [0.15, 0.2) is 0 Å². The van der Waals surface area contributed by atoms with Gasteiger partial charge in [-0.2, -0.15) is 0 Å². The average Bonchev–Trinajstić information content (AvgIpc) is 2.11. The maximum Gasteiger partial charge on any atom is 0.308 e. The van der Waals surface area contributed by atoms with E-state index in [1.54, 1.807) is 6.92 Å². The van der Waals surface area contributed by atoms with Gasteiger partial charge in [0.15, 0.2) is 0 Å². The first-order chi connectivity index (χ1) is 7.09. The molecule has 0 bridgehead atoms. The molecule has 0 aromatic carbocycles. The Morgan fingerprint density at radius 1 is 1.47 bits per heavy atom. The van der Waals surface area contributed by atoms with Gasteiger partial charge in [0, 0.05) is 13.1 Å². The molecule has 1 aliphatic heterocycles. The minimum absolute atomic E-state index is 0.128. The zero-order chi connectivity index (χ0) is 11.3. The van der Waals surface area contributed by atoms with Gasteiger partial charge in [0.2, 0.25) is 0 Å². The maximum atomic E-state index is 11.2. The zero-order valence-electron chi connectivity index (χ0n) is 9.66. The molecule has 0 saturated carbocycles. The SMILES string of the molecule is CCCCN1CC(O)(CC(=O)OCC)C1. The molecule has 0 aliphatic carbocycles. The van der Waals surface area contributed by atoms with Crippen LogP contribution in [-0.2, 0) is 9.53 Å². The van der Waals surface area contributed by atoms with Crippen molar-refractivity contribution >= 4 is 5.97 Å². The molecule has 1 aliphatic rings. The molecule has 1 fully saturated rings. The van der Waals surface area contributed by atoms with E-state index in [2.05, 4.69) is 11.8 Å². The number of β-amino-alcohol motifs (C(OH)–C–C–N with tert-alkyl or cyclic N) is 1. The first kappa shape index (κ1) is 12.5. The number of ether oxygens (including phenoxy) is 1. The molecule has 88 valence electrons. The maximum absolute atomic E-state index is 11.2. The second-order valence-corrected chi connectivity index (χ2v) is 4.27. The summed E-state index contributed by atoms with van der Waals surface area (Å²) in [5, 5.41) is 9.93. The lowest BCUT2D eigenvalue weighted by Gasteiger charge is -2.46. The summed E-state index contributed by atoms with van der Waals surface area (Å²) in [6.45, 7) is 6.52. The summed E-state index contributed by atoms with van der Waals surface area (Å²) in [6.07, 6.45) is 2.44. The number of carbonyl (C=O) groups excluding carboxylic acids is 1. The third kappa shape index (κ3) is 3.80. The topological polar surface area (TPSA) is 49.8 Å². The highest BCUT2D eigenvalue weighted by Gasteiger charge is 2.42. The summed E-state index contributed by atoms with van der Waals surface area (Å²) in [5.41, 5.74) is -0.833. The quantitative estimate of drug-likeness (QED) is 0.665. The highest BCUT2D eigenvalue weighted by molar-refractivity contribution is 5.71. The van der Waals surface area contributed by atoms with Gasteiger partial charge in [-0.15, -0.1) is 0 Å². The zero-order valence-corrected chi connectivity index (χ0v) is 9.66. The lowest BCUT2D eigenvalue weighted by atomic mass is 9.90. The van der Waals surface area contributed by atoms with E-state index in [9.17, 15) is 9.90 Å². The van der Waals surface area contributed by atoms with Gasteiger partial charge < -0.3 is 9.84 Å². The number of hydrogen-bond donors (Lipinski definition) is 1. The Morgan fingerprint density at radius 3 is 2.67 bits per heavy atom. The third-order valence-electron chi connectivity index (χ3n) is 2.64. The number of esters is 1. The summed E-state index contributed by atoms with van der Waals surface area (Å²) in [4.78, 5) is 13.3. The van der Waals surface area contributed by atoms with Crippen molar-refractivity contribution in [1.82, 2.24) is 4.90 Å². The van der Waals surface area contributed by atoms with Gasteiger partial charge in [-0.3, -0.25) is 9.69 Å². The monoisotopic (exact) mass is 215 g/mol. The second kappa shape index (κ2) is 5.47. The predicted octanol–water partition coefficient (Wildman–Crippen LogP) is 0.786. The molecule has 0 aromatic rings. The molecule has 1 heterocycles. The molecule has 4 nitrogen and oxygen atoms in total. The van der Waals surface area contributed by atoms with E-state index in [-0.39, 0.29) is 12.4 Å². The summed E-state index contributed by atoms with van der Waals surface area (Å²) in [5.74, 6) is -0.296. The number of unbranched alkanes of at least 4 members (excludes halogenated alkanes) is 1. The van der Waals surface area contributed by atoms with E-state index >= 15 is 0 Å². The molecule has 4 heteroatoms. The molecule has 0 unspecified atom stereocenters. The molecule has 1 saturated heterocycles. The first-order valence-corrected chi connectivity index (χ1v) is 5.70. The first-order valence-electron chi connectivity index (χ1n) is 5.70. The van der Waals surface area contributed by atoms with Gasteiger partial charge in [-0.25, -0.2) is 0 Å². The normalized spacial score (nSPS) is 19.7. The smallest absolute Gasteiger partial charge is 0.308 e. The third-order valence-corrected chi connectivity index (χ3v) is 2.64. The minimum atomic E-state index is -0.833. The number of likely N-dealkylation sites (tertiary alicyclic amines) is 1. The largest absolute Gasteiger partial charge is 0.466 e. The van der Waals surface area contributed by atoms with Crippen molar-refractivity contribution in [3.63, 3.8) is 0 Å². The van der Waals surface area contributed by atoms with Crippen LogP contribution in [0.3, 0.4) is 0 Å². The molecule has 1 N–H and O–H groups in total. The van der Waals surface area contributed by atoms with Crippen LogP contribution in [0.25, 0.3) is 0 Å². The average molecular weight is 215 g/mol. The Hall–Kier alpha value is -0.610. The molecule has 0 amide bonds. The van der Waals surface area contributed by atoms with Gasteiger partial charge in [-0.05, 0) is 19.9 Å². The summed E-state index contributed by atoms with van der Waals surface area (Å²) < 4.78 is 4.81. The Labute approximate surface area is 91.2 Å². The van der Waals surface area contributed by atoms with E-state index in [1.807, 2.05) is 0 Å². The fourth-order valence-corrected chi connectivity index (χ4v) is 1.92. The van der Waals surface area contributed by atoms with Crippen LogP contribution in [0.1, 0.15) is 33.1 Å². The van der Waals surface area contributed by atoms with Gasteiger partial charge >= 0.3 is 5.97 Å². The van der Waals surface area contributed by atoms with Crippen LogP contribution in [0.5, 0.6) is 0 Å². The van der Waals surface area contributed by atoms with Crippen LogP contribution < -0.4 is 0 Å². The highest BCUT2D eigenvalue weighted by atomic mass is 16.5. The number of hydrogen-bond acceptors (Lipinski definition) is 4. The van der Waals surface area contributed by atoms with Gasteiger partial charge in [0.1, 0.15) is 5.60 Å². The van der Waals surface area contributed by atoms with E-state index in [0.717, 1.165) is 19.4 Å². The number of rotatable bonds is 6. The molecule has 15 heavy (non-hydrogen) atoms. The van der Waals surface area contributed by atoms with Crippen molar-refractivity contribution in [2.75, 3.05) is 26.2 Å². The highest BCUT2D eigenvalue weighted by Crippen LogP contribution is 2.25. The number of nitrogens with zero attached hydrogens (tertiary/aromatic N) is 1. The lowest BCUT2D eigenvalue weighted by Crippen LogP contribution is -2.62. The summed E-state index contributed by atoms with van der Waals surface area (Å²) in [7, 11) is 0. The molecule has 0 spiro atoms. The van der Waals surface area contributed by atoms with Crippen LogP contribution >= 0.6 is 0 Å². The van der Waals surface area contributed by atoms with E-state index < -0.39 is 5.60 Å². The van der Waals surface area contributed by atoms with Crippen LogP contribution in [0.4, 0.5) is 0 Å². The number of carbonyl (C=O) groups is 1. The fraction of sp³-hybridized carbons (Fsp3) is 0.909. The predicted molar refractivity (Wildman–Crippen MR) is 57.5 cm³/mol. The van der Waals surface area contributed by atoms with E-state index in [1.165, 1.54) is 0 Å². The minimum Gasteiger partial charge on any atom is -0.466 e. The van der Waals surface area contributed by atoms with Crippen molar-refractivity contribution in [3.8, 4) is 0 Å². The van der Waals surface area contributed by atoms with Crippen LogP contribution in [0.2, 0.25) is 0 Å². The van der Waals surface area contributed by atoms with Crippen LogP contribution in [-0.4, -0.2) is 47.8 Å². The van der Waals surface area contributed by atoms with Crippen LogP contribution in [0, 0.1) is 0 Å². The van der Waals surface area contributed by atoms with Gasteiger partial charge in [-0.1, -0.05) is 13.3 Å². The Balaban J connectivity index is 2.19. The molecule has 1 rings (SSSR count). The van der Waals surface area contributed by atoms with E-state index in [4.69, 9.17) is 4.74 Å². The van der Waals surface area contributed by atoms with E-state index in [0.29, 0.717) is 19.7 Å². The van der Waals surface area contributed by atoms with Crippen molar-refractivity contribution in [3.05, 3.63) is 0 Å².